The van der Waals surface area contributed by atoms with E-state index in [4.69, 9.17) is 4.84 Å². The van der Waals surface area contributed by atoms with Gasteiger partial charge >= 0.3 is 0 Å². The molecule has 0 aliphatic carbocycles. The minimum absolute atomic E-state index is 0.0995. The number of oxime groups is 1. The third-order valence-electron chi connectivity index (χ3n) is 1.75. The summed E-state index contributed by atoms with van der Waals surface area (Å²) in [6, 6.07) is 3.66. The van der Waals surface area contributed by atoms with Gasteiger partial charge in [0, 0.05) is 6.07 Å². The van der Waals surface area contributed by atoms with Gasteiger partial charge in [0.1, 0.15) is 11.4 Å². The van der Waals surface area contributed by atoms with Crippen LogP contribution in [0.15, 0.2) is 23.4 Å². The third kappa shape index (κ3) is 3.01. The summed E-state index contributed by atoms with van der Waals surface area (Å²) in [4.78, 5) is 14.8. The van der Waals surface area contributed by atoms with Crippen molar-refractivity contribution < 1.29 is 14.2 Å². The third-order valence-corrected chi connectivity index (χ3v) is 1.75. The normalized spacial score (nSPS) is 9.69. The topological polar surface area (TPSA) is 64.7 Å². The van der Waals surface area contributed by atoms with E-state index >= 15 is 0 Å². The Bertz CT molecular complexity index is 428. The molecule has 1 rings (SSSR count). The number of benzene rings is 1. The molecule has 0 unspecified atom stereocenters. The van der Waals surface area contributed by atoms with Gasteiger partial charge in [-0.1, -0.05) is 11.2 Å². The molecule has 1 aromatic carbocycles. The van der Waals surface area contributed by atoms with Gasteiger partial charge in [-0.25, -0.2) is 4.39 Å². The summed E-state index contributed by atoms with van der Waals surface area (Å²) in [6.45, 7) is 3.15. The largest absolute Gasteiger partial charge is 0.391 e. The second kappa shape index (κ2) is 5.20. The first-order chi connectivity index (χ1) is 7.52. The van der Waals surface area contributed by atoms with Crippen LogP contribution in [0.1, 0.15) is 19.4 Å². The zero-order valence-electron chi connectivity index (χ0n) is 8.94. The summed E-state index contributed by atoms with van der Waals surface area (Å²) in [5.41, 5.74) is 0.250. The monoisotopic (exact) mass is 226 g/mol. The Hall–Kier alpha value is -1.98. The predicted octanol–water partition coefficient (Wildman–Crippen LogP) is 2.65. The summed E-state index contributed by atoms with van der Waals surface area (Å²) in [5.74, 6) is -0.668. The standard InChI is InChI=1S/C10H11FN2O3/c1-7(2)12-16-6-8-9(11)4-3-5-10(8)13(14)15/h3-5H,6H2,1-2H3. The van der Waals surface area contributed by atoms with Gasteiger partial charge < -0.3 is 4.84 Å². The maximum Gasteiger partial charge on any atom is 0.279 e. The molecule has 6 heteroatoms. The van der Waals surface area contributed by atoms with E-state index in [2.05, 4.69) is 5.16 Å². The van der Waals surface area contributed by atoms with E-state index in [1.165, 1.54) is 12.1 Å². The lowest BCUT2D eigenvalue weighted by atomic mass is 10.2. The molecule has 1 aromatic rings. The lowest BCUT2D eigenvalue weighted by Crippen LogP contribution is -2.00. The Morgan fingerprint density at radius 3 is 2.81 bits per heavy atom. The molecule has 0 heterocycles. The van der Waals surface area contributed by atoms with Crippen molar-refractivity contribution in [2.24, 2.45) is 5.16 Å². The Balaban J connectivity index is 2.93. The van der Waals surface area contributed by atoms with Crippen LogP contribution in [0.25, 0.3) is 0 Å². The van der Waals surface area contributed by atoms with Crippen molar-refractivity contribution >= 4 is 11.4 Å². The fraction of sp³-hybridized carbons (Fsp3) is 0.300. The average Bonchev–Trinajstić information content (AvgIpc) is 2.19. The highest BCUT2D eigenvalue weighted by Crippen LogP contribution is 2.21. The van der Waals surface area contributed by atoms with Gasteiger partial charge in [-0.2, -0.15) is 0 Å². The predicted molar refractivity (Wildman–Crippen MR) is 56.6 cm³/mol. The fourth-order valence-electron chi connectivity index (χ4n) is 1.09. The first-order valence-corrected chi connectivity index (χ1v) is 4.57. The molecule has 0 N–H and O–H groups in total. The van der Waals surface area contributed by atoms with E-state index in [0.29, 0.717) is 5.71 Å². The second-order valence-corrected chi connectivity index (χ2v) is 3.31. The zero-order valence-corrected chi connectivity index (χ0v) is 8.94. The number of halogens is 1. The van der Waals surface area contributed by atoms with Crippen molar-refractivity contribution in [1.82, 2.24) is 0 Å². The van der Waals surface area contributed by atoms with Crippen molar-refractivity contribution in [2.75, 3.05) is 0 Å². The molecule has 0 aliphatic rings. The molecule has 0 saturated heterocycles. The van der Waals surface area contributed by atoms with E-state index < -0.39 is 10.7 Å². The highest BCUT2D eigenvalue weighted by atomic mass is 19.1. The van der Waals surface area contributed by atoms with Gasteiger partial charge in [0.05, 0.1) is 10.6 Å². The number of nitro benzene ring substituents is 1. The number of rotatable bonds is 4. The second-order valence-electron chi connectivity index (χ2n) is 3.31. The minimum atomic E-state index is -0.668. The molecule has 5 nitrogen and oxygen atoms in total. The van der Waals surface area contributed by atoms with E-state index in [0.717, 1.165) is 6.07 Å². The van der Waals surface area contributed by atoms with Crippen LogP contribution in [-0.2, 0) is 11.4 Å². The van der Waals surface area contributed by atoms with E-state index in [9.17, 15) is 14.5 Å². The van der Waals surface area contributed by atoms with Crippen molar-refractivity contribution in [3.8, 4) is 0 Å². The Labute approximate surface area is 91.7 Å². The molecular weight excluding hydrogens is 215 g/mol. The molecule has 0 aromatic heterocycles. The SMILES string of the molecule is CC(C)=NOCc1c(F)cccc1[N+](=O)[O-]. The number of nitro groups is 1. The lowest BCUT2D eigenvalue weighted by molar-refractivity contribution is -0.386. The summed E-state index contributed by atoms with van der Waals surface area (Å²) < 4.78 is 13.3. The van der Waals surface area contributed by atoms with E-state index in [1.54, 1.807) is 13.8 Å². The zero-order chi connectivity index (χ0) is 12.1. The van der Waals surface area contributed by atoms with Crippen LogP contribution in [0, 0.1) is 15.9 Å². The van der Waals surface area contributed by atoms with Gasteiger partial charge in [-0.15, -0.1) is 0 Å². The maximum absolute atomic E-state index is 13.3. The van der Waals surface area contributed by atoms with Crippen molar-refractivity contribution in [3.63, 3.8) is 0 Å². The summed E-state index contributed by atoms with van der Waals surface area (Å²) in [7, 11) is 0. The van der Waals surface area contributed by atoms with Crippen LogP contribution in [-0.4, -0.2) is 10.6 Å². The fourth-order valence-corrected chi connectivity index (χ4v) is 1.09. The Morgan fingerprint density at radius 1 is 1.56 bits per heavy atom. The van der Waals surface area contributed by atoms with Crippen LogP contribution >= 0.6 is 0 Å². The van der Waals surface area contributed by atoms with Crippen LogP contribution in [0.3, 0.4) is 0 Å². The van der Waals surface area contributed by atoms with Crippen LogP contribution in [0.4, 0.5) is 10.1 Å². The van der Waals surface area contributed by atoms with E-state index in [-0.39, 0.29) is 17.9 Å². The smallest absolute Gasteiger partial charge is 0.279 e. The molecule has 0 radical (unpaired) electrons. The molecule has 0 fully saturated rings. The van der Waals surface area contributed by atoms with Gasteiger partial charge in [-0.05, 0) is 19.9 Å². The Morgan fingerprint density at radius 2 is 2.25 bits per heavy atom. The molecule has 0 spiro atoms. The lowest BCUT2D eigenvalue weighted by Gasteiger charge is -2.03. The maximum atomic E-state index is 13.3. The van der Waals surface area contributed by atoms with Crippen molar-refractivity contribution in [2.45, 2.75) is 20.5 Å². The molecule has 0 aliphatic heterocycles. The molecule has 0 atom stereocenters. The highest BCUT2D eigenvalue weighted by molar-refractivity contribution is 5.78. The summed E-state index contributed by atoms with van der Waals surface area (Å²) in [6.07, 6.45) is 0. The summed E-state index contributed by atoms with van der Waals surface area (Å²) in [5, 5.41) is 14.2. The molecule has 86 valence electrons. The average molecular weight is 226 g/mol. The Kier molecular flexibility index (Phi) is 3.93. The highest BCUT2D eigenvalue weighted by Gasteiger charge is 2.17. The molecule has 16 heavy (non-hydrogen) atoms. The molecule has 0 saturated carbocycles. The van der Waals surface area contributed by atoms with Gasteiger partial charge in [-0.3, -0.25) is 10.1 Å². The van der Waals surface area contributed by atoms with Crippen molar-refractivity contribution in [3.05, 3.63) is 39.7 Å². The van der Waals surface area contributed by atoms with Crippen LogP contribution in [0.2, 0.25) is 0 Å². The quantitative estimate of drug-likeness (QED) is 0.450. The molecular formula is C10H11FN2O3. The number of nitrogens with zero attached hydrogens (tertiary/aromatic N) is 2. The first kappa shape index (κ1) is 12.1. The number of hydrogen-bond donors (Lipinski definition) is 0. The van der Waals surface area contributed by atoms with Gasteiger partial charge in [0.15, 0.2) is 6.61 Å². The molecule has 0 amide bonds. The van der Waals surface area contributed by atoms with E-state index in [1.807, 2.05) is 0 Å². The summed E-state index contributed by atoms with van der Waals surface area (Å²) >= 11 is 0. The first-order valence-electron chi connectivity index (χ1n) is 4.57. The molecule has 0 bridgehead atoms. The number of hydrogen-bond acceptors (Lipinski definition) is 4. The van der Waals surface area contributed by atoms with Crippen molar-refractivity contribution in [1.29, 1.82) is 0 Å². The van der Waals surface area contributed by atoms with Gasteiger partial charge in [0.2, 0.25) is 0 Å². The van der Waals surface area contributed by atoms with Crippen LogP contribution in [0.5, 0.6) is 0 Å². The van der Waals surface area contributed by atoms with Crippen LogP contribution < -0.4 is 0 Å². The minimum Gasteiger partial charge on any atom is -0.391 e. The van der Waals surface area contributed by atoms with Gasteiger partial charge in [0.25, 0.3) is 5.69 Å².